The number of hydrogen-bond acceptors (Lipinski definition) is 4. The van der Waals surface area contributed by atoms with Crippen molar-refractivity contribution in [1.29, 1.82) is 0 Å². The molecule has 0 unspecified atom stereocenters. The van der Waals surface area contributed by atoms with E-state index in [4.69, 9.17) is 9.47 Å². The highest BCUT2D eigenvalue weighted by Crippen LogP contribution is 2.29. The lowest BCUT2D eigenvalue weighted by molar-refractivity contribution is -0.119. The average molecular weight is 361 g/mol. The van der Waals surface area contributed by atoms with Crippen molar-refractivity contribution in [3.8, 4) is 11.5 Å². The number of carbonyl (C=O) groups is 2. The summed E-state index contributed by atoms with van der Waals surface area (Å²) in [6.07, 6.45) is 0. The van der Waals surface area contributed by atoms with Gasteiger partial charge in [0.05, 0.1) is 11.3 Å². The third-order valence-electron chi connectivity index (χ3n) is 3.72. The summed E-state index contributed by atoms with van der Waals surface area (Å²) in [5, 5.41) is 2.71. The molecule has 1 N–H and O–H groups in total. The Morgan fingerprint density at radius 2 is 1.63 bits per heavy atom. The first-order valence-corrected chi connectivity index (χ1v) is 8.47. The van der Waals surface area contributed by atoms with E-state index in [1.54, 1.807) is 36.4 Å². The van der Waals surface area contributed by atoms with E-state index in [1.807, 2.05) is 49.4 Å². The minimum absolute atomic E-state index is 0.382. The fraction of sp³-hybridized carbons (Fsp3) is 0.0909. The van der Waals surface area contributed by atoms with Crippen LogP contribution in [0.15, 0.2) is 78.9 Å². The van der Waals surface area contributed by atoms with Crippen molar-refractivity contribution < 1.29 is 19.1 Å². The highest BCUT2D eigenvalue weighted by Gasteiger charge is 2.12. The Kier molecular flexibility index (Phi) is 5.84. The summed E-state index contributed by atoms with van der Waals surface area (Å²) in [6.45, 7) is 1.50. The van der Waals surface area contributed by atoms with E-state index in [0.717, 1.165) is 5.56 Å². The molecule has 0 aliphatic carbocycles. The summed E-state index contributed by atoms with van der Waals surface area (Å²) in [6, 6.07) is 23.3. The van der Waals surface area contributed by atoms with Crippen molar-refractivity contribution >= 4 is 17.6 Å². The standard InChI is InChI=1S/C22H19NO4/c1-16-8-7-9-17(14-16)22(25)26-15-21(24)23-19-12-5-6-13-20(19)27-18-10-3-2-4-11-18/h2-14H,15H2,1H3,(H,23,24). The minimum Gasteiger partial charge on any atom is -0.455 e. The first-order valence-electron chi connectivity index (χ1n) is 8.47. The maximum absolute atomic E-state index is 12.2. The fourth-order valence-electron chi connectivity index (χ4n) is 2.45. The van der Waals surface area contributed by atoms with Gasteiger partial charge in [-0.15, -0.1) is 0 Å². The zero-order valence-electron chi connectivity index (χ0n) is 14.8. The Morgan fingerprint density at radius 3 is 2.41 bits per heavy atom. The van der Waals surface area contributed by atoms with Crippen LogP contribution < -0.4 is 10.1 Å². The Bertz CT molecular complexity index is 938. The van der Waals surface area contributed by atoms with Crippen molar-refractivity contribution in [1.82, 2.24) is 0 Å². The van der Waals surface area contributed by atoms with Crippen LogP contribution in [0.4, 0.5) is 5.69 Å². The maximum atomic E-state index is 12.2. The topological polar surface area (TPSA) is 64.6 Å². The molecule has 5 heteroatoms. The summed E-state index contributed by atoms with van der Waals surface area (Å²) in [5.74, 6) is 0.176. The molecule has 0 heterocycles. The minimum atomic E-state index is -0.539. The molecular formula is C22H19NO4. The molecule has 3 aromatic carbocycles. The average Bonchev–Trinajstić information content (AvgIpc) is 2.68. The zero-order chi connectivity index (χ0) is 19.1. The molecule has 0 aliphatic rings. The van der Waals surface area contributed by atoms with Gasteiger partial charge < -0.3 is 14.8 Å². The van der Waals surface area contributed by atoms with Crippen molar-refractivity contribution in [2.45, 2.75) is 6.92 Å². The van der Waals surface area contributed by atoms with Gasteiger partial charge in [-0.2, -0.15) is 0 Å². The van der Waals surface area contributed by atoms with Crippen LogP contribution in [0, 0.1) is 6.92 Å². The largest absolute Gasteiger partial charge is 0.455 e. The molecule has 0 aliphatic heterocycles. The molecule has 27 heavy (non-hydrogen) atoms. The second-order valence-electron chi connectivity index (χ2n) is 5.91. The van der Waals surface area contributed by atoms with Crippen molar-refractivity contribution in [2.75, 3.05) is 11.9 Å². The number of nitrogens with one attached hydrogen (secondary N) is 1. The monoisotopic (exact) mass is 361 g/mol. The molecule has 3 aromatic rings. The molecule has 0 spiro atoms. The molecule has 0 fully saturated rings. The maximum Gasteiger partial charge on any atom is 0.338 e. The SMILES string of the molecule is Cc1cccc(C(=O)OCC(=O)Nc2ccccc2Oc2ccccc2)c1. The lowest BCUT2D eigenvalue weighted by Gasteiger charge is -2.12. The molecular weight excluding hydrogens is 342 g/mol. The van der Waals surface area contributed by atoms with E-state index in [1.165, 1.54) is 0 Å². The first kappa shape index (κ1) is 18.2. The van der Waals surface area contributed by atoms with E-state index in [0.29, 0.717) is 22.7 Å². The van der Waals surface area contributed by atoms with E-state index < -0.39 is 11.9 Å². The Balaban J connectivity index is 1.60. The molecule has 1 amide bonds. The molecule has 0 saturated heterocycles. The first-order chi connectivity index (χ1) is 13.1. The molecule has 0 radical (unpaired) electrons. The lowest BCUT2D eigenvalue weighted by Crippen LogP contribution is -2.21. The second kappa shape index (κ2) is 8.67. The summed E-state index contributed by atoms with van der Waals surface area (Å²) in [7, 11) is 0. The smallest absolute Gasteiger partial charge is 0.338 e. The summed E-state index contributed by atoms with van der Waals surface area (Å²) in [5.41, 5.74) is 1.86. The fourth-order valence-corrected chi connectivity index (χ4v) is 2.45. The van der Waals surface area contributed by atoms with E-state index in [9.17, 15) is 9.59 Å². The lowest BCUT2D eigenvalue weighted by atomic mass is 10.1. The van der Waals surface area contributed by atoms with Crippen LogP contribution in [0.3, 0.4) is 0 Å². The van der Waals surface area contributed by atoms with Gasteiger partial charge in [-0.3, -0.25) is 4.79 Å². The number of carbonyl (C=O) groups excluding carboxylic acids is 2. The number of para-hydroxylation sites is 3. The number of aryl methyl sites for hydroxylation is 1. The van der Waals surface area contributed by atoms with Crippen LogP contribution >= 0.6 is 0 Å². The van der Waals surface area contributed by atoms with Crippen LogP contribution in [0.5, 0.6) is 11.5 Å². The van der Waals surface area contributed by atoms with Crippen LogP contribution in [-0.2, 0) is 9.53 Å². The molecule has 0 bridgehead atoms. The van der Waals surface area contributed by atoms with Gasteiger partial charge in [-0.1, -0.05) is 48.0 Å². The molecule has 5 nitrogen and oxygen atoms in total. The molecule has 136 valence electrons. The molecule has 3 rings (SSSR count). The number of esters is 1. The molecule has 0 atom stereocenters. The predicted octanol–water partition coefficient (Wildman–Crippen LogP) is 4.58. The van der Waals surface area contributed by atoms with E-state index >= 15 is 0 Å². The van der Waals surface area contributed by atoms with Crippen molar-refractivity contribution in [2.24, 2.45) is 0 Å². The van der Waals surface area contributed by atoms with Gasteiger partial charge in [-0.25, -0.2) is 4.79 Å². The second-order valence-corrected chi connectivity index (χ2v) is 5.91. The third kappa shape index (κ3) is 5.19. The van der Waals surface area contributed by atoms with Crippen molar-refractivity contribution in [3.63, 3.8) is 0 Å². The number of rotatable bonds is 6. The van der Waals surface area contributed by atoms with Gasteiger partial charge >= 0.3 is 5.97 Å². The quantitative estimate of drug-likeness (QED) is 0.653. The van der Waals surface area contributed by atoms with Gasteiger partial charge in [0, 0.05) is 0 Å². The predicted molar refractivity (Wildman–Crippen MR) is 103 cm³/mol. The van der Waals surface area contributed by atoms with Gasteiger partial charge in [0.15, 0.2) is 12.4 Å². The van der Waals surface area contributed by atoms with Gasteiger partial charge in [-0.05, 0) is 43.3 Å². The zero-order valence-corrected chi connectivity index (χ0v) is 14.8. The van der Waals surface area contributed by atoms with E-state index in [-0.39, 0.29) is 6.61 Å². The molecule has 0 aromatic heterocycles. The van der Waals surface area contributed by atoms with Crippen LogP contribution in [0.2, 0.25) is 0 Å². The third-order valence-corrected chi connectivity index (χ3v) is 3.72. The van der Waals surface area contributed by atoms with Gasteiger partial charge in [0.25, 0.3) is 5.91 Å². The number of anilines is 1. The van der Waals surface area contributed by atoms with Crippen molar-refractivity contribution in [3.05, 3.63) is 90.0 Å². The Labute approximate surface area is 157 Å². The van der Waals surface area contributed by atoms with Gasteiger partial charge in [0.1, 0.15) is 5.75 Å². The number of hydrogen-bond donors (Lipinski definition) is 1. The van der Waals surface area contributed by atoms with Crippen LogP contribution in [0.1, 0.15) is 15.9 Å². The van der Waals surface area contributed by atoms with Gasteiger partial charge in [0.2, 0.25) is 0 Å². The number of amides is 1. The Morgan fingerprint density at radius 1 is 0.889 bits per heavy atom. The summed E-state index contributed by atoms with van der Waals surface area (Å²) >= 11 is 0. The van der Waals surface area contributed by atoms with E-state index in [2.05, 4.69) is 5.32 Å². The highest BCUT2D eigenvalue weighted by atomic mass is 16.5. The highest BCUT2D eigenvalue weighted by molar-refractivity contribution is 5.96. The summed E-state index contributed by atoms with van der Waals surface area (Å²) < 4.78 is 10.9. The number of ether oxygens (including phenoxy) is 2. The van der Waals surface area contributed by atoms with Crippen LogP contribution in [-0.4, -0.2) is 18.5 Å². The van der Waals surface area contributed by atoms with Crippen LogP contribution in [0.25, 0.3) is 0 Å². The number of benzene rings is 3. The summed E-state index contributed by atoms with van der Waals surface area (Å²) in [4.78, 5) is 24.2. The Hall–Kier alpha value is -3.60. The normalized spacial score (nSPS) is 10.1. The molecule has 0 saturated carbocycles.